The summed E-state index contributed by atoms with van der Waals surface area (Å²) in [6.45, 7) is 1.76. The minimum atomic E-state index is -0.00969. The largest absolute Gasteiger partial charge is 0.396 e. The zero-order chi connectivity index (χ0) is 13.7. The Balaban J connectivity index is 2.32. The summed E-state index contributed by atoms with van der Waals surface area (Å²) >= 11 is 0. The van der Waals surface area contributed by atoms with Crippen LogP contribution in [0.5, 0.6) is 0 Å². The highest BCUT2D eigenvalue weighted by Crippen LogP contribution is 2.19. The topological polar surface area (TPSA) is 42.2 Å². The molecule has 1 aromatic carbocycles. The Morgan fingerprint density at radius 3 is 2.89 bits per heavy atom. The summed E-state index contributed by atoms with van der Waals surface area (Å²) in [7, 11) is 0. The third-order valence-corrected chi connectivity index (χ3v) is 2.98. The van der Waals surface area contributed by atoms with Crippen molar-refractivity contribution in [3.63, 3.8) is 0 Å². The van der Waals surface area contributed by atoms with Crippen LogP contribution in [0.25, 0.3) is 10.9 Å². The summed E-state index contributed by atoms with van der Waals surface area (Å²) < 4.78 is 1.63. The van der Waals surface area contributed by atoms with Gasteiger partial charge in [-0.2, -0.15) is 0 Å². The van der Waals surface area contributed by atoms with Crippen LogP contribution in [0.3, 0.4) is 0 Å². The molecule has 0 aliphatic rings. The first-order valence-corrected chi connectivity index (χ1v) is 6.45. The number of fused-ring (bicyclic) bond motifs is 1. The minimum Gasteiger partial charge on any atom is -0.396 e. The van der Waals surface area contributed by atoms with Crippen molar-refractivity contribution < 1.29 is 9.90 Å². The van der Waals surface area contributed by atoms with E-state index in [0.29, 0.717) is 0 Å². The molecule has 2 rings (SSSR count). The highest BCUT2D eigenvalue weighted by Gasteiger charge is 2.07. The van der Waals surface area contributed by atoms with E-state index >= 15 is 0 Å². The molecule has 0 unspecified atom stereocenters. The molecule has 1 aromatic heterocycles. The highest BCUT2D eigenvalue weighted by atomic mass is 16.2. The Labute approximate surface area is 112 Å². The van der Waals surface area contributed by atoms with Crippen molar-refractivity contribution in [2.24, 2.45) is 0 Å². The van der Waals surface area contributed by atoms with Gasteiger partial charge in [0.05, 0.1) is 5.52 Å². The van der Waals surface area contributed by atoms with Gasteiger partial charge < -0.3 is 5.11 Å². The van der Waals surface area contributed by atoms with E-state index in [0.717, 1.165) is 35.7 Å². The second-order valence-corrected chi connectivity index (χ2v) is 4.43. The molecule has 2 aromatic rings. The number of para-hydroxylation sites is 1. The van der Waals surface area contributed by atoms with Crippen LogP contribution in [0.15, 0.2) is 30.5 Å². The predicted molar refractivity (Wildman–Crippen MR) is 76.1 cm³/mol. The van der Waals surface area contributed by atoms with E-state index in [1.54, 1.807) is 17.7 Å². The molecule has 3 heteroatoms. The number of rotatable bonds is 3. The van der Waals surface area contributed by atoms with Crippen molar-refractivity contribution in [3.05, 3.63) is 36.0 Å². The first-order chi connectivity index (χ1) is 9.24. The van der Waals surface area contributed by atoms with E-state index in [-0.39, 0.29) is 12.5 Å². The zero-order valence-electron chi connectivity index (χ0n) is 11.0. The van der Waals surface area contributed by atoms with Crippen LogP contribution < -0.4 is 0 Å². The van der Waals surface area contributed by atoms with Crippen LogP contribution >= 0.6 is 0 Å². The fourth-order valence-corrected chi connectivity index (χ4v) is 2.04. The zero-order valence-corrected chi connectivity index (χ0v) is 11.0. The summed E-state index contributed by atoms with van der Waals surface area (Å²) in [5.41, 5.74) is 1.76. The average Bonchev–Trinajstić information content (AvgIpc) is 2.83. The third kappa shape index (κ3) is 3.04. The van der Waals surface area contributed by atoms with Crippen LogP contribution in [0.4, 0.5) is 0 Å². The number of hydrogen-bond acceptors (Lipinski definition) is 2. The summed E-state index contributed by atoms with van der Waals surface area (Å²) in [4.78, 5) is 11.6. The van der Waals surface area contributed by atoms with Gasteiger partial charge in [-0.1, -0.05) is 24.0 Å². The summed E-state index contributed by atoms with van der Waals surface area (Å²) in [5, 5.41) is 9.73. The van der Waals surface area contributed by atoms with E-state index in [1.807, 2.05) is 24.3 Å². The van der Waals surface area contributed by atoms with Crippen molar-refractivity contribution >= 4 is 16.8 Å². The summed E-state index contributed by atoms with van der Waals surface area (Å²) in [5.74, 6) is 6.21. The molecule has 0 saturated heterocycles. The van der Waals surface area contributed by atoms with Gasteiger partial charge in [-0.05, 0) is 25.0 Å². The lowest BCUT2D eigenvalue weighted by Gasteiger charge is -2.01. The van der Waals surface area contributed by atoms with Crippen molar-refractivity contribution in [2.75, 3.05) is 6.61 Å². The lowest BCUT2D eigenvalue weighted by Crippen LogP contribution is -2.04. The van der Waals surface area contributed by atoms with Crippen LogP contribution in [-0.2, 0) is 0 Å². The molecular weight excluding hydrogens is 238 g/mol. The lowest BCUT2D eigenvalue weighted by atomic mass is 10.1. The van der Waals surface area contributed by atoms with E-state index < -0.39 is 0 Å². The fourth-order valence-electron chi connectivity index (χ4n) is 2.04. The van der Waals surface area contributed by atoms with Crippen LogP contribution in [0, 0.1) is 11.8 Å². The summed E-state index contributed by atoms with van der Waals surface area (Å²) in [6, 6.07) is 7.78. The van der Waals surface area contributed by atoms with Gasteiger partial charge >= 0.3 is 0 Å². The molecule has 0 aliphatic heterocycles. The summed E-state index contributed by atoms with van der Waals surface area (Å²) in [6.07, 6.45) is 4.22. The van der Waals surface area contributed by atoms with Gasteiger partial charge in [0.15, 0.2) is 0 Å². The number of aliphatic hydroxyl groups is 1. The molecule has 0 bridgehead atoms. The van der Waals surface area contributed by atoms with Crippen LogP contribution in [-0.4, -0.2) is 22.2 Å². The minimum absolute atomic E-state index is 0.00969. The molecule has 19 heavy (non-hydrogen) atoms. The molecule has 1 heterocycles. The Kier molecular flexibility index (Phi) is 4.38. The molecule has 0 saturated carbocycles. The second kappa shape index (κ2) is 6.21. The Bertz CT molecular complexity index is 644. The van der Waals surface area contributed by atoms with Crippen molar-refractivity contribution in [1.82, 2.24) is 4.57 Å². The van der Waals surface area contributed by atoms with Gasteiger partial charge in [0.25, 0.3) is 0 Å². The Hall–Kier alpha value is -2.05. The number of carbonyl (C=O) groups is 1. The third-order valence-electron chi connectivity index (χ3n) is 2.98. The number of benzene rings is 1. The molecule has 0 aliphatic carbocycles. The van der Waals surface area contributed by atoms with Gasteiger partial charge in [-0.3, -0.25) is 9.36 Å². The highest BCUT2D eigenvalue weighted by molar-refractivity contribution is 5.94. The quantitative estimate of drug-likeness (QED) is 0.677. The van der Waals surface area contributed by atoms with E-state index in [1.165, 1.54) is 0 Å². The number of carbonyl (C=O) groups excluding carboxylic acids is 1. The van der Waals surface area contributed by atoms with Gasteiger partial charge in [0.1, 0.15) is 0 Å². The number of unbranched alkanes of at least 4 members (excludes halogenated alkanes) is 2. The molecule has 0 radical (unpaired) electrons. The molecule has 0 fully saturated rings. The molecule has 0 atom stereocenters. The molecular formula is C16H17NO2. The van der Waals surface area contributed by atoms with E-state index in [9.17, 15) is 4.79 Å². The molecule has 0 spiro atoms. The number of hydrogen-bond donors (Lipinski definition) is 1. The predicted octanol–water partition coefficient (Wildman–Crippen LogP) is 2.82. The van der Waals surface area contributed by atoms with Crippen LogP contribution in [0.1, 0.15) is 36.5 Å². The standard InChI is InChI=1S/C16H17NO2/c1-13(19)17-11-10-15-9-6-8-14(16(15)17)7-4-2-3-5-12-18/h6,8-11,18H,2-3,5,12H2,1H3. The maximum absolute atomic E-state index is 11.6. The van der Waals surface area contributed by atoms with Crippen molar-refractivity contribution in [2.45, 2.75) is 26.2 Å². The van der Waals surface area contributed by atoms with Crippen LogP contribution in [0.2, 0.25) is 0 Å². The molecule has 1 N–H and O–H groups in total. The maximum Gasteiger partial charge on any atom is 0.227 e. The van der Waals surface area contributed by atoms with E-state index in [4.69, 9.17) is 5.11 Å². The molecule has 0 amide bonds. The number of nitrogens with zero attached hydrogens (tertiary/aromatic N) is 1. The Morgan fingerprint density at radius 2 is 2.16 bits per heavy atom. The Morgan fingerprint density at radius 1 is 1.32 bits per heavy atom. The molecule has 3 nitrogen and oxygen atoms in total. The maximum atomic E-state index is 11.6. The van der Waals surface area contributed by atoms with Gasteiger partial charge in [-0.25, -0.2) is 0 Å². The lowest BCUT2D eigenvalue weighted by molar-refractivity contribution is 0.0941. The van der Waals surface area contributed by atoms with Crippen molar-refractivity contribution in [1.29, 1.82) is 0 Å². The fraction of sp³-hybridized carbons (Fsp3) is 0.312. The number of aromatic nitrogens is 1. The van der Waals surface area contributed by atoms with E-state index in [2.05, 4.69) is 11.8 Å². The van der Waals surface area contributed by atoms with Gasteiger partial charge in [0, 0.05) is 37.1 Å². The molecule has 98 valence electrons. The second-order valence-electron chi connectivity index (χ2n) is 4.43. The van der Waals surface area contributed by atoms with Gasteiger partial charge in [-0.15, -0.1) is 0 Å². The first kappa shape index (κ1) is 13.4. The average molecular weight is 255 g/mol. The smallest absolute Gasteiger partial charge is 0.227 e. The van der Waals surface area contributed by atoms with Crippen molar-refractivity contribution in [3.8, 4) is 11.8 Å². The first-order valence-electron chi connectivity index (χ1n) is 6.45. The number of aliphatic hydroxyl groups excluding tert-OH is 1. The monoisotopic (exact) mass is 255 g/mol. The normalized spacial score (nSPS) is 10.2. The van der Waals surface area contributed by atoms with Gasteiger partial charge in [0.2, 0.25) is 5.91 Å². The SMILES string of the molecule is CC(=O)n1ccc2cccc(C#CCCCCO)c21.